The van der Waals surface area contributed by atoms with Gasteiger partial charge in [-0.1, -0.05) is 24.3 Å². The summed E-state index contributed by atoms with van der Waals surface area (Å²) < 4.78 is 23.8. The summed E-state index contributed by atoms with van der Waals surface area (Å²) in [6.45, 7) is -0.661. The summed E-state index contributed by atoms with van der Waals surface area (Å²) in [6.07, 6.45) is -4.42. The number of phenols is 2. The second-order valence-electron chi connectivity index (χ2n) is 6.76. The third-order valence-corrected chi connectivity index (χ3v) is 4.91. The van der Waals surface area contributed by atoms with E-state index in [1.54, 1.807) is 24.3 Å². The molecule has 8 nitrogen and oxygen atoms in total. The average Bonchev–Trinajstić information content (AvgIpc) is 3.08. The molecule has 6 atom stereocenters. The van der Waals surface area contributed by atoms with Gasteiger partial charge in [-0.3, -0.25) is 0 Å². The zero-order chi connectivity index (χ0) is 19.7. The van der Waals surface area contributed by atoms with Crippen LogP contribution >= 0.6 is 0 Å². The van der Waals surface area contributed by atoms with Crippen molar-refractivity contribution in [3.63, 3.8) is 0 Å². The van der Waals surface area contributed by atoms with Gasteiger partial charge >= 0.3 is 0 Å². The van der Waals surface area contributed by atoms with Crippen molar-refractivity contribution in [3.05, 3.63) is 59.7 Å². The van der Waals surface area contributed by atoms with Crippen LogP contribution in [0.3, 0.4) is 0 Å². The molecule has 2 aromatic carbocycles. The minimum absolute atomic E-state index is 0.107. The van der Waals surface area contributed by atoms with Gasteiger partial charge in [-0.05, 0) is 24.3 Å². The van der Waals surface area contributed by atoms with Crippen LogP contribution in [0.4, 0.5) is 0 Å². The number of aromatic hydroxyl groups is 2. The lowest BCUT2D eigenvalue weighted by Crippen LogP contribution is -2.43. The summed E-state index contributed by atoms with van der Waals surface area (Å²) in [4.78, 5) is 0. The fraction of sp³-hybridized carbons (Fsp3) is 0.400. The van der Waals surface area contributed by atoms with Crippen LogP contribution in [-0.4, -0.2) is 58.1 Å². The maximum absolute atomic E-state index is 9.87. The molecule has 0 aliphatic carbocycles. The van der Waals surface area contributed by atoms with E-state index in [0.717, 1.165) is 0 Å². The largest absolute Gasteiger partial charge is 0.508 e. The Morgan fingerprint density at radius 1 is 0.571 bits per heavy atom. The van der Waals surface area contributed by atoms with Crippen LogP contribution in [0.2, 0.25) is 0 Å². The van der Waals surface area contributed by atoms with Gasteiger partial charge in [-0.15, -0.1) is 0 Å². The van der Waals surface area contributed by atoms with E-state index in [9.17, 15) is 20.4 Å². The van der Waals surface area contributed by atoms with Crippen molar-refractivity contribution in [2.75, 3.05) is 13.2 Å². The third kappa shape index (κ3) is 3.70. The van der Waals surface area contributed by atoms with E-state index >= 15 is 0 Å². The maximum Gasteiger partial charge on any atom is 0.184 e. The van der Waals surface area contributed by atoms with Crippen LogP contribution in [0.1, 0.15) is 23.7 Å². The van der Waals surface area contributed by atoms with E-state index in [4.69, 9.17) is 18.9 Å². The Labute approximate surface area is 161 Å². The number of aliphatic hydroxyl groups is 2. The first kappa shape index (κ1) is 19.1. The van der Waals surface area contributed by atoms with E-state index in [-0.39, 0.29) is 24.7 Å². The average molecular weight is 390 g/mol. The predicted octanol–water partition coefficient (Wildman–Crippen LogP) is 1.35. The van der Waals surface area contributed by atoms with Gasteiger partial charge in [0.25, 0.3) is 0 Å². The van der Waals surface area contributed by atoms with Crippen molar-refractivity contribution in [2.45, 2.75) is 37.0 Å². The molecule has 0 spiro atoms. The lowest BCUT2D eigenvalue weighted by Gasteiger charge is -2.24. The molecule has 0 aromatic heterocycles. The van der Waals surface area contributed by atoms with Crippen molar-refractivity contribution in [1.29, 1.82) is 0 Å². The Morgan fingerprint density at radius 2 is 0.929 bits per heavy atom. The van der Waals surface area contributed by atoms with Crippen molar-refractivity contribution < 1.29 is 39.4 Å². The maximum atomic E-state index is 9.87. The normalized spacial score (nSPS) is 32.6. The molecule has 150 valence electrons. The summed E-state index contributed by atoms with van der Waals surface area (Å²) in [7, 11) is 0. The van der Waals surface area contributed by atoms with Gasteiger partial charge < -0.3 is 39.4 Å². The van der Waals surface area contributed by atoms with Crippen molar-refractivity contribution in [2.24, 2.45) is 0 Å². The zero-order valence-corrected chi connectivity index (χ0v) is 14.9. The van der Waals surface area contributed by atoms with Gasteiger partial charge in [0.05, 0.1) is 13.2 Å². The molecule has 2 aliphatic heterocycles. The summed E-state index contributed by atoms with van der Waals surface area (Å²) >= 11 is 0. The minimum atomic E-state index is -0.861. The Kier molecular flexibility index (Phi) is 5.49. The monoisotopic (exact) mass is 390 g/mol. The van der Waals surface area contributed by atoms with Gasteiger partial charge in [0.1, 0.15) is 35.9 Å². The molecule has 2 aliphatic rings. The van der Waals surface area contributed by atoms with E-state index in [0.29, 0.717) is 11.1 Å². The predicted molar refractivity (Wildman–Crippen MR) is 95.4 cm³/mol. The lowest BCUT2D eigenvalue weighted by molar-refractivity contribution is -0.223. The number of benzene rings is 2. The van der Waals surface area contributed by atoms with E-state index in [1.807, 2.05) is 0 Å². The molecule has 2 heterocycles. The first-order valence-electron chi connectivity index (χ1n) is 9.00. The molecule has 4 N–H and O–H groups in total. The van der Waals surface area contributed by atoms with Gasteiger partial charge in [0.15, 0.2) is 12.6 Å². The first-order valence-corrected chi connectivity index (χ1v) is 9.00. The molecular formula is C20H22O8. The van der Waals surface area contributed by atoms with Gasteiger partial charge in [0, 0.05) is 11.1 Å². The highest BCUT2D eigenvalue weighted by atomic mass is 16.8. The number of phenolic OH excluding ortho intramolecular Hbond substituents is 2. The fourth-order valence-electron chi connectivity index (χ4n) is 3.45. The molecule has 2 fully saturated rings. The number of ether oxygens (including phenoxy) is 4. The smallest absolute Gasteiger partial charge is 0.184 e. The molecule has 0 bridgehead atoms. The number of fused-ring (bicyclic) bond motifs is 1. The Morgan fingerprint density at radius 3 is 1.29 bits per heavy atom. The van der Waals surface area contributed by atoms with Crippen LogP contribution in [-0.2, 0) is 18.9 Å². The van der Waals surface area contributed by atoms with Gasteiger partial charge in [0.2, 0.25) is 0 Å². The van der Waals surface area contributed by atoms with Gasteiger partial charge in [-0.25, -0.2) is 0 Å². The Bertz CT molecular complexity index is 756. The van der Waals surface area contributed by atoms with E-state index in [2.05, 4.69) is 0 Å². The molecule has 2 saturated heterocycles. The van der Waals surface area contributed by atoms with Crippen molar-refractivity contribution in [3.8, 4) is 11.5 Å². The molecule has 2 aromatic rings. The van der Waals surface area contributed by atoms with Crippen LogP contribution < -0.4 is 0 Å². The second kappa shape index (κ2) is 8.04. The molecule has 8 heteroatoms. The Balaban J connectivity index is 1.58. The number of hydrogen-bond donors (Lipinski definition) is 4. The van der Waals surface area contributed by atoms with Crippen LogP contribution in [0.15, 0.2) is 48.5 Å². The first-order chi connectivity index (χ1) is 13.6. The summed E-state index contributed by atoms with van der Waals surface area (Å²) in [6, 6.07) is 12.7. The fourth-order valence-corrected chi connectivity index (χ4v) is 3.45. The molecule has 0 amide bonds. The van der Waals surface area contributed by atoms with Crippen molar-refractivity contribution in [1.82, 2.24) is 0 Å². The summed E-state index contributed by atoms with van der Waals surface area (Å²) in [5.41, 5.74) is 1.32. The number of hydrogen-bond acceptors (Lipinski definition) is 8. The van der Waals surface area contributed by atoms with Crippen LogP contribution in [0.25, 0.3) is 0 Å². The van der Waals surface area contributed by atoms with Gasteiger partial charge in [-0.2, -0.15) is 0 Å². The highest BCUT2D eigenvalue weighted by Crippen LogP contribution is 2.40. The molecule has 28 heavy (non-hydrogen) atoms. The van der Waals surface area contributed by atoms with Crippen LogP contribution in [0, 0.1) is 0 Å². The lowest BCUT2D eigenvalue weighted by atomic mass is 10.0. The molecule has 0 saturated carbocycles. The summed E-state index contributed by atoms with van der Waals surface area (Å²) in [5, 5.41) is 38.7. The third-order valence-electron chi connectivity index (χ3n) is 4.91. The molecule has 0 radical (unpaired) electrons. The standard InChI is InChI=1S/C20H22O8/c21-9-15-17-18(28-20(27-17)12-3-7-14(24)8-4-12)16(10-22)26-19(25-15)11-1-5-13(23)6-2-11/h1-8,15-24H,9-10H2/t15-,16+,17-,18-,19?,20?/m0/s1. The minimum Gasteiger partial charge on any atom is -0.508 e. The molecular weight excluding hydrogens is 368 g/mol. The number of rotatable bonds is 4. The van der Waals surface area contributed by atoms with E-state index < -0.39 is 37.0 Å². The quantitative estimate of drug-likeness (QED) is 0.618. The van der Waals surface area contributed by atoms with E-state index in [1.165, 1.54) is 24.3 Å². The second-order valence-corrected chi connectivity index (χ2v) is 6.76. The highest BCUT2D eigenvalue weighted by molar-refractivity contribution is 5.28. The summed E-state index contributed by atoms with van der Waals surface area (Å²) in [5.74, 6) is 0.232. The highest BCUT2D eigenvalue weighted by Gasteiger charge is 2.50. The molecule has 2 unspecified atom stereocenters. The van der Waals surface area contributed by atoms with Crippen molar-refractivity contribution >= 4 is 0 Å². The molecule has 4 rings (SSSR count). The topological polar surface area (TPSA) is 118 Å². The Hall–Kier alpha value is -2.20. The van der Waals surface area contributed by atoms with Crippen LogP contribution in [0.5, 0.6) is 11.5 Å². The SMILES string of the molecule is OC[C@@H]1OC(c2ccc(O)cc2)O[C@H](CO)[C@@H]2OC(c3ccc(O)cc3)O[C@H]21. The number of aliphatic hydroxyl groups excluding tert-OH is 2. The zero-order valence-electron chi connectivity index (χ0n) is 14.9.